The van der Waals surface area contributed by atoms with Crippen molar-refractivity contribution < 1.29 is 4.74 Å². The summed E-state index contributed by atoms with van der Waals surface area (Å²) in [6.07, 6.45) is 3.26. The number of nitrogens with two attached hydrogens (primary N) is 1. The first-order valence-electron chi connectivity index (χ1n) is 6.90. The van der Waals surface area contributed by atoms with Crippen LogP contribution in [0.25, 0.3) is 0 Å². The minimum absolute atomic E-state index is 0.0235. The van der Waals surface area contributed by atoms with Crippen molar-refractivity contribution in [1.82, 2.24) is 20.2 Å². The van der Waals surface area contributed by atoms with Crippen LogP contribution < -0.4 is 16.0 Å². The molecule has 0 spiro atoms. The lowest BCUT2D eigenvalue weighted by Crippen LogP contribution is -2.30. The lowest BCUT2D eigenvalue weighted by Gasteiger charge is -2.17. The van der Waals surface area contributed by atoms with Crippen LogP contribution in [-0.4, -0.2) is 21.4 Å². The zero-order valence-corrected chi connectivity index (χ0v) is 11.5. The molecule has 0 amide bonds. The van der Waals surface area contributed by atoms with Crippen LogP contribution in [0.4, 0.5) is 0 Å². The van der Waals surface area contributed by atoms with Crippen LogP contribution in [0.15, 0.2) is 24.5 Å². The van der Waals surface area contributed by atoms with Gasteiger partial charge in [0, 0.05) is 19.4 Å². The van der Waals surface area contributed by atoms with E-state index in [9.17, 15) is 0 Å². The van der Waals surface area contributed by atoms with Crippen LogP contribution >= 0.6 is 0 Å². The Bertz CT molecular complexity index is 595. The zero-order valence-electron chi connectivity index (χ0n) is 11.5. The second kappa shape index (κ2) is 5.60. The molecule has 6 heteroatoms. The minimum atomic E-state index is 0.0235. The predicted octanol–water partition coefficient (Wildman–Crippen LogP) is 0.980. The fraction of sp³-hybridized carbons (Fsp3) is 0.429. The van der Waals surface area contributed by atoms with E-state index in [0.29, 0.717) is 6.42 Å². The topological polar surface area (TPSA) is 78.0 Å². The van der Waals surface area contributed by atoms with Gasteiger partial charge in [-0.25, -0.2) is 4.98 Å². The van der Waals surface area contributed by atoms with Crippen LogP contribution in [0.5, 0.6) is 5.75 Å². The maximum absolute atomic E-state index is 5.72. The molecular weight excluding hydrogens is 254 g/mol. The van der Waals surface area contributed by atoms with Crippen molar-refractivity contribution in [3.63, 3.8) is 0 Å². The van der Waals surface area contributed by atoms with Crippen molar-refractivity contribution in [2.24, 2.45) is 5.84 Å². The molecule has 2 aromatic rings. The molecule has 1 aromatic heterocycles. The Labute approximate surface area is 117 Å². The number of nitrogens with zero attached hydrogens (tertiary/aromatic N) is 3. The van der Waals surface area contributed by atoms with Crippen LogP contribution in [0.1, 0.15) is 29.9 Å². The Kier molecular flexibility index (Phi) is 3.66. The molecule has 0 bridgehead atoms. The van der Waals surface area contributed by atoms with Crippen molar-refractivity contribution >= 4 is 0 Å². The first kappa shape index (κ1) is 13.1. The quantitative estimate of drug-likeness (QED) is 0.627. The summed E-state index contributed by atoms with van der Waals surface area (Å²) in [6.45, 7) is 3.63. The molecule has 6 nitrogen and oxygen atoms in total. The summed E-state index contributed by atoms with van der Waals surface area (Å²) in [5.41, 5.74) is 5.28. The van der Waals surface area contributed by atoms with Crippen molar-refractivity contribution in [2.45, 2.75) is 32.4 Å². The molecule has 0 saturated heterocycles. The van der Waals surface area contributed by atoms with Crippen LogP contribution in [0, 0.1) is 0 Å². The number of hydrogen-bond donors (Lipinski definition) is 2. The molecule has 1 aromatic carbocycles. The number of aromatic nitrogens is 3. The van der Waals surface area contributed by atoms with Gasteiger partial charge in [0.25, 0.3) is 0 Å². The minimum Gasteiger partial charge on any atom is -0.493 e. The third-order valence-electron chi connectivity index (χ3n) is 3.70. The molecule has 1 aliphatic heterocycles. The highest BCUT2D eigenvalue weighted by atomic mass is 16.5. The lowest BCUT2D eigenvalue weighted by atomic mass is 10.0. The summed E-state index contributed by atoms with van der Waals surface area (Å²) < 4.78 is 7.42. The fourth-order valence-corrected chi connectivity index (χ4v) is 2.59. The second-order valence-corrected chi connectivity index (χ2v) is 4.88. The van der Waals surface area contributed by atoms with Gasteiger partial charge < -0.3 is 4.74 Å². The smallest absolute Gasteiger partial charge is 0.138 e. The van der Waals surface area contributed by atoms with Crippen molar-refractivity contribution in [3.8, 4) is 5.75 Å². The Hall–Kier alpha value is -1.92. The standard InChI is InChI=1S/C14H19N5O/c1-2-19-14(16-9-17-19)8-12(18-15)10-3-4-13-11(7-10)5-6-20-13/h3-4,7,9,12,18H,2,5-6,8,15H2,1H3. The summed E-state index contributed by atoms with van der Waals surface area (Å²) >= 11 is 0. The predicted molar refractivity (Wildman–Crippen MR) is 75.1 cm³/mol. The number of rotatable bonds is 5. The van der Waals surface area contributed by atoms with E-state index >= 15 is 0 Å². The summed E-state index contributed by atoms with van der Waals surface area (Å²) in [5.74, 6) is 7.64. The number of nitrogens with one attached hydrogen (secondary N) is 1. The number of ether oxygens (including phenoxy) is 1. The Balaban J connectivity index is 1.83. The molecule has 1 aliphatic rings. The van der Waals surface area contributed by atoms with E-state index in [0.717, 1.165) is 36.7 Å². The number of hydrazine groups is 1. The number of benzene rings is 1. The SMILES string of the molecule is CCn1ncnc1CC(NN)c1ccc2c(c1)CCO2. The van der Waals surface area contributed by atoms with E-state index in [4.69, 9.17) is 10.6 Å². The maximum atomic E-state index is 5.72. The van der Waals surface area contributed by atoms with Crippen LogP contribution in [0.2, 0.25) is 0 Å². The van der Waals surface area contributed by atoms with Crippen molar-refractivity contribution in [3.05, 3.63) is 41.5 Å². The van der Waals surface area contributed by atoms with E-state index in [2.05, 4.69) is 34.6 Å². The molecule has 0 saturated carbocycles. The van der Waals surface area contributed by atoms with Gasteiger partial charge in [0.15, 0.2) is 0 Å². The lowest BCUT2D eigenvalue weighted by molar-refractivity contribution is 0.356. The highest BCUT2D eigenvalue weighted by Crippen LogP contribution is 2.28. The van der Waals surface area contributed by atoms with Gasteiger partial charge in [-0.05, 0) is 24.1 Å². The Morgan fingerprint density at radius 2 is 2.40 bits per heavy atom. The van der Waals surface area contributed by atoms with Gasteiger partial charge in [-0.15, -0.1) is 0 Å². The summed E-state index contributed by atoms with van der Waals surface area (Å²) in [5, 5.41) is 4.19. The van der Waals surface area contributed by atoms with Gasteiger partial charge in [-0.3, -0.25) is 16.0 Å². The molecule has 0 aliphatic carbocycles. The molecule has 2 heterocycles. The molecular formula is C14H19N5O. The highest BCUT2D eigenvalue weighted by Gasteiger charge is 2.18. The number of fused-ring (bicyclic) bond motifs is 1. The van der Waals surface area contributed by atoms with Crippen molar-refractivity contribution in [2.75, 3.05) is 6.61 Å². The monoisotopic (exact) mass is 273 g/mol. The highest BCUT2D eigenvalue weighted by molar-refractivity contribution is 5.40. The van der Waals surface area contributed by atoms with Gasteiger partial charge in [0.2, 0.25) is 0 Å². The van der Waals surface area contributed by atoms with Gasteiger partial charge in [-0.2, -0.15) is 5.10 Å². The largest absolute Gasteiger partial charge is 0.493 e. The normalized spacial score (nSPS) is 14.9. The summed E-state index contributed by atoms with van der Waals surface area (Å²) in [7, 11) is 0. The first-order chi connectivity index (χ1) is 9.81. The first-order valence-corrected chi connectivity index (χ1v) is 6.90. The summed E-state index contributed by atoms with van der Waals surface area (Å²) in [6, 6.07) is 6.27. The zero-order chi connectivity index (χ0) is 13.9. The van der Waals surface area contributed by atoms with Crippen LogP contribution in [0.3, 0.4) is 0 Å². The second-order valence-electron chi connectivity index (χ2n) is 4.88. The molecule has 3 rings (SSSR count). The fourth-order valence-electron chi connectivity index (χ4n) is 2.59. The van der Waals surface area contributed by atoms with Gasteiger partial charge in [0.05, 0.1) is 12.6 Å². The molecule has 106 valence electrons. The number of aryl methyl sites for hydroxylation is 1. The van der Waals surface area contributed by atoms with E-state index in [1.807, 2.05) is 10.7 Å². The molecule has 1 atom stereocenters. The Morgan fingerprint density at radius 1 is 1.50 bits per heavy atom. The average Bonchev–Trinajstić information content (AvgIpc) is 3.12. The molecule has 0 fully saturated rings. The van der Waals surface area contributed by atoms with E-state index in [1.54, 1.807) is 6.33 Å². The van der Waals surface area contributed by atoms with Gasteiger partial charge >= 0.3 is 0 Å². The molecule has 3 N–H and O–H groups in total. The Morgan fingerprint density at radius 3 is 3.20 bits per heavy atom. The van der Waals surface area contributed by atoms with Gasteiger partial charge in [0.1, 0.15) is 17.9 Å². The van der Waals surface area contributed by atoms with Gasteiger partial charge in [-0.1, -0.05) is 12.1 Å². The third kappa shape index (κ3) is 2.39. The third-order valence-corrected chi connectivity index (χ3v) is 3.70. The molecule has 0 radical (unpaired) electrons. The van der Waals surface area contributed by atoms with E-state index < -0.39 is 0 Å². The number of hydrogen-bond acceptors (Lipinski definition) is 5. The van der Waals surface area contributed by atoms with Crippen molar-refractivity contribution in [1.29, 1.82) is 0 Å². The summed E-state index contributed by atoms with van der Waals surface area (Å²) in [4.78, 5) is 4.30. The maximum Gasteiger partial charge on any atom is 0.138 e. The van der Waals surface area contributed by atoms with E-state index in [1.165, 1.54) is 5.56 Å². The van der Waals surface area contributed by atoms with Crippen LogP contribution in [-0.2, 0) is 19.4 Å². The average molecular weight is 273 g/mol. The molecule has 1 unspecified atom stereocenters. The molecule has 20 heavy (non-hydrogen) atoms. The van der Waals surface area contributed by atoms with E-state index in [-0.39, 0.29) is 6.04 Å².